The lowest BCUT2D eigenvalue weighted by Crippen LogP contribution is -2.54. The molecule has 1 N–H and O–H groups in total. The summed E-state index contributed by atoms with van der Waals surface area (Å²) in [6, 6.07) is 7.08. The molecule has 1 aromatic rings. The number of likely N-dealkylation sites (N-methyl/N-ethyl adjacent to an activating group) is 1. The molecule has 1 unspecified atom stereocenters. The molecule has 0 saturated carbocycles. The predicted molar refractivity (Wildman–Crippen MR) is 89.3 cm³/mol. The van der Waals surface area contributed by atoms with Crippen molar-refractivity contribution in [3.8, 4) is 0 Å². The van der Waals surface area contributed by atoms with E-state index in [1.54, 1.807) is 7.11 Å². The first-order chi connectivity index (χ1) is 10.2. The molecule has 4 heteroatoms. The Bertz CT molecular complexity index is 436. The standard InChI is InChI=1S/C17H29N3O/c1-14-6-5-7-17(15(14)2)20-10-8-19(9-11-20)16(12-18-3)13-21-4/h5-7,16,18H,8-13H2,1-4H3. The molecule has 0 aromatic heterocycles. The molecule has 1 atom stereocenters. The number of methoxy groups -OCH3 is 1. The minimum atomic E-state index is 0.473. The van der Waals surface area contributed by atoms with Crippen molar-refractivity contribution in [1.29, 1.82) is 0 Å². The quantitative estimate of drug-likeness (QED) is 0.863. The van der Waals surface area contributed by atoms with E-state index in [9.17, 15) is 0 Å². The number of ether oxygens (including phenoxy) is 1. The molecule has 2 rings (SSSR count). The highest BCUT2D eigenvalue weighted by Gasteiger charge is 2.24. The second kappa shape index (κ2) is 7.78. The topological polar surface area (TPSA) is 27.7 Å². The number of benzene rings is 1. The largest absolute Gasteiger partial charge is 0.383 e. The van der Waals surface area contributed by atoms with E-state index < -0.39 is 0 Å². The fourth-order valence-corrected chi connectivity index (χ4v) is 3.13. The van der Waals surface area contributed by atoms with Crippen molar-refractivity contribution < 1.29 is 4.74 Å². The Morgan fingerprint density at radius 2 is 1.90 bits per heavy atom. The second-order valence-corrected chi connectivity index (χ2v) is 5.91. The van der Waals surface area contributed by atoms with Crippen LogP contribution < -0.4 is 10.2 Å². The van der Waals surface area contributed by atoms with E-state index in [1.807, 2.05) is 7.05 Å². The van der Waals surface area contributed by atoms with Crippen molar-refractivity contribution in [2.24, 2.45) is 0 Å². The van der Waals surface area contributed by atoms with Crippen LogP contribution in [0.1, 0.15) is 11.1 Å². The van der Waals surface area contributed by atoms with Gasteiger partial charge in [-0.2, -0.15) is 0 Å². The molecule has 1 aliphatic heterocycles. The van der Waals surface area contributed by atoms with E-state index in [2.05, 4.69) is 47.2 Å². The fraction of sp³-hybridized carbons (Fsp3) is 0.647. The highest BCUT2D eigenvalue weighted by atomic mass is 16.5. The molecule has 0 spiro atoms. The monoisotopic (exact) mass is 291 g/mol. The summed E-state index contributed by atoms with van der Waals surface area (Å²) in [5, 5.41) is 3.27. The second-order valence-electron chi connectivity index (χ2n) is 5.91. The summed E-state index contributed by atoms with van der Waals surface area (Å²) in [5.74, 6) is 0. The first-order valence-electron chi connectivity index (χ1n) is 7.86. The van der Waals surface area contributed by atoms with Gasteiger partial charge in [0.05, 0.1) is 6.61 Å². The van der Waals surface area contributed by atoms with Gasteiger partial charge in [-0.25, -0.2) is 0 Å². The minimum absolute atomic E-state index is 0.473. The molecule has 4 nitrogen and oxygen atoms in total. The summed E-state index contributed by atoms with van der Waals surface area (Å²) < 4.78 is 5.36. The number of nitrogens with one attached hydrogen (secondary N) is 1. The lowest BCUT2D eigenvalue weighted by molar-refractivity contribution is 0.0862. The highest BCUT2D eigenvalue weighted by Crippen LogP contribution is 2.24. The Kier molecular flexibility index (Phi) is 6.03. The van der Waals surface area contributed by atoms with E-state index in [0.29, 0.717) is 6.04 Å². The number of anilines is 1. The molecule has 1 heterocycles. The van der Waals surface area contributed by atoms with Gasteiger partial charge in [0.15, 0.2) is 0 Å². The van der Waals surface area contributed by atoms with Gasteiger partial charge in [0, 0.05) is 51.6 Å². The average molecular weight is 291 g/mol. The van der Waals surface area contributed by atoms with E-state index in [4.69, 9.17) is 4.74 Å². The van der Waals surface area contributed by atoms with E-state index in [0.717, 1.165) is 39.3 Å². The smallest absolute Gasteiger partial charge is 0.0630 e. The summed E-state index contributed by atoms with van der Waals surface area (Å²) >= 11 is 0. The summed E-state index contributed by atoms with van der Waals surface area (Å²) in [7, 11) is 3.80. The molecule has 1 saturated heterocycles. The van der Waals surface area contributed by atoms with Crippen molar-refractivity contribution in [2.45, 2.75) is 19.9 Å². The third-order valence-electron chi connectivity index (χ3n) is 4.55. The van der Waals surface area contributed by atoms with Crippen LogP contribution in [-0.2, 0) is 4.74 Å². The van der Waals surface area contributed by atoms with Crippen LogP contribution in [0.2, 0.25) is 0 Å². The van der Waals surface area contributed by atoms with Crippen LogP contribution in [0.5, 0.6) is 0 Å². The number of hydrogen-bond acceptors (Lipinski definition) is 4. The van der Waals surface area contributed by atoms with Crippen LogP contribution in [0.3, 0.4) is 0 Å². The molecule has 1 fully saturated rings. The number of hydrogen-bond donors (Lipinski definition) is 1. The Morgan fingerprint density at radius 3 is 2.52 bits per heavy atom. The summed E-state index contributed by atoms with van der Waals surface area (Å²) in [4.78, 5) is 5.06. The van der Waals surface area contributed by atoms with Crippen LogP contribution in [0.15, 0.2) is 18.2 Å². The van der Waals surface area contributed by atoms with Gasteiger partial charge in [-0.15, -0.1) is 0 Å². The van der Waals surface area contributed by atoms with Gasteiger partial charge < -0.3 is 15.0 Å². The number of nitrogens with zero attached hydrogens (tertiary/aromatic N) is 2. The third-order valence-corrected chi connectivity index (χ3v) is 4.55. The molecular formula is C17H29N3O. The van der Waals surface area contributed by atoms with Crippen molar-refractivity contribution in [2.75, 3.05) is 58.4 Å². The van der Waals surface area contributed by atoms with Crippen LogP contribution in [0, 0.1) is 13.8 Å². The molecule has 1 aliphatic rings. The van der Waals surface area contributed by atoms with Crippen LogP contribution in [0.25, 0.3) is 0 Å². The van der Waals surface area contributed by atoms with Gasteiger partial charge in [0.25, 0.3) is 0 Å². The Balaban J connectivity index is 1.97. The van der Waals surface area contributed by atoms with Gasteiger partial charge in [-0.05, 0) is 38.1 Å². The Labute approximate surface area is 129 Å². The van der Waals surface area contributed by atoms with Crippen molar-refractivity contribution in [3.63, 3.8) is 0 Å². The summed E-state index contributed by atoms with van der Waals surface area (Å²) in [6.07, 6.45) is 0. The molecular weight excluding hydrogens is 262 g/mol. The van der Waals surface area contributed by atoms with Gasteiger partial charge >= 0.3 is 0 Å². The lowest BCUT2D eigenvalue weighted by atomic mass is 10.1. The molecule has 118 valence electrons. The lowest BCUT2D eigenvalue weighted by Gasteiger charge is -2.40. The van der Waals surface area contributed by atoms with Crippen LogP contribution >= 0.6 is 0 Å². The Hall–Kier alpha value is -1.10. The highest BCUT2D eigenvalue weighted by molar-refractivity contribution is 5.56. The zero-order valence-corrected chi connectivity index (χ0v) is 13.9. The maximum atomic E-state index is 5.36. The molecule has 0 bridgehead atoms. The zero-order valence-electron chi connectivity index (χ0n) is 13.9. The van der Waals surface area contributed by atoms with E-state index >= 15 is 0 Å². The number of piperazine rings is 1. The first-order valence-corrected chi connectivity index (χ1v) is 7.86. The summed E-state index contributed by atoms with van der Waals surface area (Å²) in [5.41, 5.74) is 4.18. The van der Waals surface area contributed by atoms with Gasteiger partial charge in [0.1, 0.15) is 0 Å². The van der Waals surface area contributed by atoms with Gasteiger partial charge in [-0.1, -0.05) is 12.1 Å². The number of aryl methyl sites for hydroxylation is 1. The molecule has 0 radical (unpaired) electrons. The maximum Gasteiger partial charge on any atom is 0.0630 e. The molecule has 0 aliphatic carbocycles. The van der Waals surface area contributed by atoms with Gasteiger partial charge in [0.2, 0.25) is 0 Å². The molecule has 0 amide bonds. The van der Waals surface area contributed by atoms with Crippen molar-refractivity contribution in [3.05, 3.63) is 29.3 Å². The minimum Gasteiger partial charge on any atom is -0.383 e. The normalized spacial score (nSPS) is 18.0. The average Bonchev–Trinajstić information content (AvgIpc) is 2.50. The van der Waals surface area contributed by atoms with Gasteiger partial charge in [-0.3, -0.25) is 4.90 Å². The van der Waals surface area contributed by atoms with Crippen LogP contribution in [-0.4, -0.2) is 64.4 Å². The van der Waals surface area contributed by atoms with E-state index in [1.165, 1.54) is 16.8 Å². The maximum absolute atomic E-state index is 5.36. The third kappa shape index (κ3) is 3.96. The Morgan fingerprint density at radius 1 is 1.19 bits per heavy atom. The fourth-order valence-electron chi connectivity index (χ4n) is 3.13. The first kappa shape index (κ1) is 16.3. The molecule has 21 heavy (non-hydrogen) atoms. The number of rotatable bonds is 6. The van der Waals surface area contributed by atoms with Crippen molar-refractivity contribution in [1.82, 2.24) is 10.2 Å². The molecule has 1 aromatic carbocycles. The van der Waals surface area contributed by atoms with Crippen LogP contribution in [0.4, 0.5) is 5.69 Å². The predicted octanol–water partition coefficient (Wildman–Crippen LogP) is 1.66. The van der Waals surface area contributed by atoms with E-state index in [-0.39, 0.29) is 0 Å². The van der Waals surface area contributed by atoms with Crippen molar-refractivity contribution >= 4 is 5.69 Å². The summed E-state index contributed by atoms with van der Waals surface area (Å²) in [6.45, 7) is 10.6. The zero-order chi connectivity index (χ0) is 15.2. The SMILES string of the molecule is CNCC(COC)N1CCN(c2cccc(C)c2C)CC1.